The van der Waals surface area contributed by atoms with E-state index < -0.39 is 0 Å². The first-order valence-electron chi connectivity index (χ1n) is 28.2. The van der Waals surface area contributed by atoms with Gasteiger partial charge in [-0.1, -0.05) is 72.8 Å². The number of para-hydroxylation sites is 8. The van der Waals surface area contributed by atoms with Gasteiger partial charge in [0.25, 0.3) is 0 Å². The molecule has 0 unspecified atom stereocenters. The van der Waals surface area contributed by atoms with Crippen molar-refractivity contribution in [1.29, 1.82) is 0 Å². The van der Waals surface area contributed by atoms with Crippen molar-refractivity contribution in [3.05, 3.63) is 219 Å². The number of ether oxygens (including phenoxy) is 2. The van der Waals surface area contributed by atoms with Gasteiger partial charge in [0.05, 0.1) is 22.7 Å². The number of fused-ring (bicyclic) bond motifs is 8. The number of hydrogen-bond acceptors (Lipinski definition) is 12. The van der Waals surface area contributed by atoms with E-state index in [1.807, 2.05) is 174 Å². The molecule has 0 radical (unpaired) electrons. The van der Waals surface area contributed by atoms with Crippen LogP contribution in [0.1, 0.15) is 0 Å². The summed E-state index contributed by atoms with van der Waals surface area (Å²) in [6.07, 6.45) is 7.25. The van der Waals surface area contributed by atoms with Crippen LogP contribution >= 0.6 is 0 Å². The molecule has 8 aromatic heterocycles. The van der Waals surface area contributed by atoms with Crippen molar-refractivity contribution in [2.75, 3.05) is 9.80 Å². The third-order valence-electron chi connectivity index (χ3n) is 16.6. The van der Waals surface area contributed by atoms with Gasteiger partial charge in [-0.15, -0.1) is 0 Å². The minimum Gasteiger partial charge on any atom is -0.453 e. The molecule has 0 N–H and O–H groups in total. The fourth-order valence-corrected chi connectivity index (χ4v) is 12.7. The first-order chi connectivity index (χ1) is 42.3. The third kappa shape index (κ3) is 7.29. The molecule has 0 atom stereocenters. The molecule has 86 heavy (non-hydrogen) atoms. The average molecular weight is 1120 g/mol. The molecule has 17 rings (SSSR count). The van der Waals surface area contributed by atoms with Crippen molar-refractivity contribution < 1.29 is 9.47 Å². The van der Waals surface area contributed by atoms with Crippen LogP contribution < -0.4 is 19.3 Å². The Kier molecular flexibility index (Phi) is 10.7. The van der Waals surface area contributed by atoms with Gasteiger partial charge in [-0.3, -0.25) is 0 Å². The van der Waals surface area contributed by atoms with Gasteiger partial charge in [-0.05, 0) is 132 Å². The predicted octanol–water partition coefficient (Wildman–Crippen LogP) is 16.0. The molecule has 0 amide bonds. The topological polar surface area (TPSA) is 148 Å². The largest absolute Gasteiger partial charge is 0.453 e. The van der Waals surface area contributed by atoms with Gasteiger partial charge in [0.2, 0.25) is 0 Å². The van der Waals surface area contributed by atoms with Crippen LogP contribution in [0.3, 0.4) is 0 Å². The Labute approximate surface area is 491 Å². The van der Waals surface area contributed by atoms with Gasteiger partial charge >= 0.3 is 0 Å². The first-order valence-corrected chi connectivity index (χ1v) is 28.2. The molecule has 7 aromatic carbocycles. The maximum Gasteiger partial charge on any atom is 0.159 e. The van der Waals surface area contributed by atoms with Gasteiger partial charge in [0.1, 0.15) is 45.4 Å². The highest BCUT2D eigenvalue weighted by Crippen LogP contribution is 2.58. The minimum atomic E-state index is 0.652. The second-order valence-corrected chi connectivity index (χ2v) is 21.5. The van der Waals surface area contributed by atoms with E-state index in [0.717, 1.165) is 124 Å². The van der Waals surface area contributed by atoms with Crippen LogP contribution in [0, 0.1) is 0 Å². The van der Waals surface area contributed by atoms with E-state index in [0.29, 0.717) is 45.9 Å². The summed E-state index contributed by atoms with van der Waals surface area (Å²) in [6, 6.07) is 65.9. The number of aromatic nitrogens is 12. The Morgan fingerprint density at radius 1 is 0.267 bits per heavy atom. The lowest BCUT2D eigenvalue weighted by atomic mass is 9.79. The van der Waals surface area contributed by atoms with E-state index in [-0.39, 0.29) is 0 Å². The number of benzene rings is 7. The number of rotatable bonds is 8. The molecule has 2 aliphatic rings. The van der Waals surface area contributed by atoms with Crippen LogP contribution in [0.15, 0.2) is 219 Å². The van der Waals surface area contributed by atoms with Crippen molar-refractivity contribution in [1.82, 2.24) is 58.1 Å². The number of hydrogen-bond donors (Lipinski definition) is 0. The number of anilines is 6. The Bertz CT molecular complexity index is 4670. The highest BCUT2D eigenvalue weighted by Gasteiger charge is 2.37. The van der Waals surface area contributed by atoms with Gasteiger partial charge in [0.15, 0.2) is 45.6 Å². The molecular weight excluding hydrogens is 1070 g/mol. The molecule has 2 aliphatic heterocycles. The smallest absolute Gasteiger partial charge is 0.159 e. The second-order valence-electron chi connectivity index (χ2n) is 21.5. The zero-order valence-corrected chi connectivity index (χ0v) is 46.9. The highest BCUT2D eigenvalue weighted by molar-refractivity contribution is 6.14. The molecule has 16 heteroatoms. The van der Waals surface area contributed by atoms with Crippen LogP contribution in [0.5, 0.6) is 23.0 Å². The maximum absolute atomic E-state index is 6.51. The summed E-state index contributed by atoms with van der Waals surface area (Å²) in [5.41, 5.74) is 17.8. The molecule has 0 saturated heterocycles. The summed E-state index contributed by atoms with van der Waals surface area (Å²) < 4.78 is 21.4. The minimum absolute atomic E-state index is 0.652. The van der Waals surface area contributed by atoms with Gasteiger partial charge < -0.3 is 37.5 Å². The fraction of sp³-hybridized carbons (Fsp3) is 0.0571. The first kappa shape index (κ1) is 48.9. The Morgan fingerprint density at radius 2 is 0.523 bits per heavy atom. The molecule has 0 saturated carbocycles. The van der Waals surface area contributed by atoms with Crippen LogP contribution in [0.4, 0.5) is 34.1 Å². The number of aryl methyl sites for hydroxylation is 4. The molecule has 10 heterocycles. The van der Waals surface area contributed by atoms with Gasteiger partial charge in [-0.2, -0.15) is 0 Å². The molecule has 16 nitrogen and oxygen atoms in total. The number of nitrogens with zero attached hydrogens (tertiary/aromatic N) is 14. The average Bonchev–Trinajstić information content (AvgIpc) is 1.39. The van der Waals surface area contributed by atoms with Gasteiger partial charge in [-0.25, -0.2) is 39.9 Å². The zero-order valence-electron chi connectivity index (χ0n) is 46.9. The molecule has 410 valence electrons. The molecule has 0 fully saturated rings. The summed E-state index contributed by atoms with van der Waals surface area (Å²) in [7, 11) is 8.14. The SMILES string of the molecule is Cn1c(-c2c(-c3ccc(N4c5ccccc5Oc5ccccc54)cc3)c(-c3nc4cccnc4n3C)c(-c3nc4cccnc4n3C)c(-c3ccc(N4c5ccccc5Oc5ccccc54)cc3)c2-c2nc3cccnc3n2C)nc2cccnc21. The predicted molar refractivity (Wildman–Crippen MR) is 337 cm³/mol. The molecule has 0 aliphatic carbocycles. The summed E-state index contributed by atoms with van der Waals surface area (Å²) in [5.74, 6) is 5.65. The maximum atomic E-state index is 6.51. The van der Waals surface area contributed by atoms with Crippen molar-refractivity contribution >= 4 is 78.8 Å². The molecular formula is C70H48N14O2. The molecule has 0 bridgehead atoms. The van der Waals surface area contributed by atoms with Crippen molar-refractivity contribution in [3.63, 3.8) is 0 Å². The van der Waals surface area contributed by atoms with Crippen molar-refractivity contribution in [3.8, 4) is 90.8 Å². The summed E-state index contributed by atoms with van der Waals surface area (Å²) in [4.78, 5) is 46.9. The normalized spacial score (nSPS) is 12.6. The molecule has 15 aromatic rings. The Hall–Kier alpha value is -11.8. The standard InChI is InChI=1S/C70H48N14O2/c1-79-63-45(17-13-37-71-63)75-67(79)59-57(41-29-33-43(34-30-41)83-49-21-5-9-25-53(49)85-54-26-10-6-22-50(54)83)61(69-77-47-19-15-39-73-65(47)81(69)3)62(70-78-48-20-16-40-74-66(48)82(70)4)58(60(59)68-76-46-18-14-38-72-64(46)80(68)2)42-31-35-44(36-32-42)84-51-23-7-11-27-55(51)86-56-28-12-8-24-52(56)84/h5-40H,1-4H3. The monoisotopic (exact) mass is 1120 g/mol. The quantitative estimate of drug-likeness (QED) is 0.143. The Morgan fingerprint density at radius 3 is 0.779 bits per heavy atom. The highest BCUT2D eigenvalue weighted by atomic mass is 16.5. The zero-order chi connectivity index (χ0) is 57.3. The van der Waals surface area contributed by atoms with Crippen molar-refractivity contribution in [2.45, 2.75) is 0 Å². The van der Waals surface area contributed by atoms with E-state index in [4.69, 9.17) is 49.3 Å². The summed E-state index contributed by atoms with van der Waals surface area (Å²) >= 11 is 0. The lowest BCUT2D eigenvalue weighted by Gasteiger charge is -2.33. The summed E-state index contributed by atoms with van der Waals surface area (Å²) in [6.45, 7) is 0. The van der Waals surface area contributed by atoms with Crippen molar-refractivity contribution in [2.24, 2.45) is 28.2 Å². The van der Waals surface area contributed by atoms with E-state index in [9.17, 15) is 0 Å². The van der Waals surface area contributed by atoms with E-state index in [2.05, 4.69) is 101 Å². The van der Waals surface area contributed by atoms with Crippen LogP contribution in [0.2, 0.25) is 0 Å². The molecule has 0 spiro atoms. The number of pyridine rings is 4. The van der Waals surface area contributed by atoms with Crippen LogP contribution in [-0.2, 0) is 28.2 Å². The lowest BCUT2D eigenvalue weighted by Crippen LogP contribution is -2.15. The Balaban J connectivity index is 1.05. The van der Waals surface area contributed by atoms with Gasteiger partial charge in [0, 0.05) is 97.7 Å². The van der Waals surface area contributed by atoms with E-state index >= 15 is 0 Å². The lowest BCUT2D eigenvalue weighted by molar-refractivity contribution is 0.477. The van der Waals surface area contributed by atoms with E-state index in [1.165, 1.54) is 0 Å². The van der Waals surface area contributed by atoms with E-state index in [1.54, 1.807) is 0 Å². The van der Waals surface area contributed by atoms with Crippen LogP contribution in [-0.4, -0.2) is 58.1 Å². The second kappa shape index (κ2) is 18.9. The third-order valence-corrected chi connectivity index (χ3v) is 16.6. The number of imidazole rings is 4. The van der Waals surface area contributed by atoms with Crippen LogP contribution in [0.25, 0.3) is 112 Å². The summed E-state index contributed by atoms with van der Waals surface area (Å²) in [5, 5.41) is 0. The fourth-order valence-electron chi connectivity index (χ4n) is 12.7.